The summed E-state index contributed by atoms with van der Waals surface area (Å²) >= 11 is 0. The Morgan fingerprint density at radius 3 is 2.50 bits per heavy atom. The summed E-state index contributed by atoms with van der Waals surface area (Å²) in [7, 11) is 1.38. The van der Waals surface area contributed by atoms with Gasteiger partial charge in [-0.2, -0.15) is 0 Å². The van der Waals surface area contributed by atoms with Crippen LogP contribution in [0.25, 0.3) is 0 Å². The summed E-state index contributed by atoms with van der Waals surface area (Å²) in [6.45, 7) is 2.88. The normalized spacial score (nSPS) is 13.5. The molecule has 80 valence electrons. The highest BCUT2D eigenvalue weighted by atomic mass is 16.6. The van der Waals surface area contributed by atoms with E-state index in [1.54, 1.807) is 6.92 Å². The lowest BCUT2D eigenvalue weighted by molar-refractivity contribution is -0.150. The molecular formula is C9H14O5. The molecule has 0 bridgehead atoms. The van der Waals surface area contributed by atoms with Crippen LogP contribution in [0, 0.1) is 0 Å². The van der Waals surface area contributed by atoms with Gasteiger partial charge in [0.1, 0.15) is 12.7 Å². The van der Waals surface area contributed by atoms with Gasteiger partial charge in [-0.3, -0.25) is 0 Å². The second kappa shape index (κ2) is 6.15. The number of methoxy groups -OCH3 is 1. The third-order valence-electron chi connectivity index (χ3n) is 1.40. The highest BCUT2D eigenvalue weighted by molar-refractivity contribution is 5.85. The molecule has 0 heterocycles. The quantitative estimate of drug-likeness (QED) is 0.522. The summed E-state index contributed by atoms with van der Waals surface area (Å²) in [4.78, 5) is 21.3. The highest BCUT2D eigenvalue weighted by Crippen LogP contribution is 2.00. The lowest BCUT2D eigenvalue weighted by atomic mass is 10.2. The lowest BCUT2D eigenvalue weighted by Gasteiger charge is -2.08. The van der Waals surface area contributed by atoms with Crippen molar-refractivity contribution in [2.45, 2.75) is 20.0 Å². The Morgan fingerprint density at radius 1 is 1.50 bits per heavy atom. The maximum atomic E-state index is 10.9. The first-order valence-corrected chi connectivity index (χ1v) is 4.07. The number of carboxylic acid groups (broad SMARTS) is 1. The summed E-state index contributed by atoms with van der Waals surface area (Å²) in [5, 5.41) is 8.53. The fourth-order valence-electron chi connectivity index (χ4n) is 0.817. The summed E-state index contributed by atoms with van der Waals surface area (Å²) in [6, 6.07) is 0. The number of rotatable bonds is 5. The molecular weight excluding hydrogens is 188 g/mol. The number of aliphatic carboxylic acids is 1. The van der Waals surface area contributed by atoms with Gasteiger partial charge >= 0.3 is 11.9 Å². The van der Waals surface area contributed by atoms with Crippen LogP contribution in [0.4, 0.5) is 0 Å². The first-order chi connectivity index (χ1) is 6.47. The average Bonchev–Trinajstić information content (AvgIpc) is 2.03. The van der Waals surface area contributed by atoms with Crippen molar-refractivity contribution in [1.82, 2.24) is 0 Å². The monoisotopic (exact) mass is 202 g/mol. The molecule has 14 heavy (non-hydrogen) atoms. The van der Waals surface area contributed by atoms with Crippen molar-refractivity contribution >= 4 is 11.9 Å². The Kier molecular flexibility index (Phi) is 5.55. The number of carbonyl (C=O) groups excluding carboxylic acids is 1. The van der Waals surface area contributed by atoms with E-state index < -0.39 is 18.0 Å². The van der Waals surface area contributed by atoms with Crippen molar-refractivity contribution in [2.24, 2.45) is 0 Å². The predicted octanol–water partition coefficient (Wildman–Crippen LogP) is 0.595. The SMILES string of the molecule is COCC(=O)O[C@@H](C)/C=C(\C)C(=O)O. The Balaban J connectivity index is 4.09. The largest absolute Gasteiger partial charge is 0.478 e. The Hall–Kier alpha value is -1.36. The van der Waals surface area contributed by atoms with E-state index in [0.29, 0.717) is 0 Å². The zero-order valence-corrected chi connectivity index (χ0v) is 8.44. The lowest BCUT2D eigenvalue weighted by Crippen LogP contribution is -2.17. The maximum absolute atomic E-state index is 10.9. The highest BCUT2D eigenvalue weighted by Gasteiger charge is 2.08. The van der Waals surface area contributed by atoms with Gasteiger partial charge in [0.25, 0.3) is 0 Å². The van der Waals surface area contributed by atoms with Gasteiger partial charge in [-0.25, -0.2) is 9.59 Å². The first kappa shape index (κ1) is 12.6. The fourth-order valence-corrected chi connectivity index (χ4v) is 0.817. The van der Waals surface area contributed by atoms with Crippen molar-refractivity contribution in [1.29, 1.82) is 0 Å². The van der Waals surface area contributed by atoms with Crippen LogP contribution in [0.15, 0.2) is 11.6 Å². The van der Waals surface area contributed by atoms with E-state index >= 15 is 0 Å². The third kappa shape index (κ3) is 5.31. The molecule has 0 saturated carbocycles. The summed E-state index contributed by atoms with van der Waals surface area (Å²) in [5.41, 5.74) is 0.141. The fraction of sp³-hybridized carbons (Fsp3) is 0.556. The number of hydrogen-bond donors (Lipinski definition) is 1. The summed E-state index contributed by atoms with van der Waals surface area (Å²) < 4.78 is 9.35. The molecule has 0 radical (unpaired) electrons. The maximum Gasteiger partial charge on any atom is 0.332 e. The molecule has 0 fully saturated rings. The number of ether oxygens (including phenoxy) is 2. The van der Waals surface area contributed by atoms with Crippen LogP contribution in [0.5, 0.6) is 0 Å². The van der Waals surface area contributed by atoms with Crippen LogP contribution in [-0.4, -0.2) is 36.9 Å². The molecule has 0 rings (SSSR count). The van der Waals surface area contributed by atoms with Crippen LogP contribution < -0.4 is 0 Å². The molecule has 0 aliphatic rings. The minimum atomic E-state index is -1.03. The van der Waals surface area contributed by atoms with E-state index in [0.717, 1.165) is 0 Å². The third-order valence-corrected chi connectivity index (χ3v) is 1.40. The summed E-state index contributed by atoms with van der Waals surface area (Å²) in [6.07, 6.45) is 0.796. The second-order valence-electron chi connectivity index (χ2n) is 2.78. The molecule has 0 saturated heterocycles. The number of esters is 1. The van der Waals surface area contributed by atoms with Gasteiger partial charge in [-0.1, -0.05) is 0 Å². The van der Waals surface area contributed by atoms with E-state index in [2.05, 4.69) is 4.74 Å². The van der Waals surface area contributed by atoms with Crippen LogP contribution in [0.1, 0.15) is 13.8 Å². The molecule has 5 heteroatoms. The molecule has 0 aliphatic heterocycles. The topological polar surface area (TPSA) is 72.8 Å². The zero-order chi connectivity index (χ0) is 11.1. The molecule has 0 spiro atoms. The molecule has 1 N–H and O–H groups in total. The van der Waals surface area contributed by atoms with E-state index in [9.17, 15) is 9.59 Å². The summed E-state index contributed by atoms with van der Waals surface area (Å²) in [5.74, 6) is -1.55. The number of carbonyl (C=O) groups is 2. The molecule has 0 aromatic carbocycles. The second-order valence-corrected chi connectivity index (χ2v) is 2.78. The Labute approximate surface area is 82.3 Å². The predicted molar refractivity (Wildman–Crippen MR) is 48.8 cm³/mol. The standard InChI is InChI=1S/C9H14O5/c1-6(9(11)12)4-7(2)14-8(10)5-13-3/h4,7H,5H2,1-3H3,(H,11,12)/b6-4+/t7-/m0/s1. The van der Waals surface area contributed by atoms with E-state index in [4.69, 9.17) is 9.84 Å². The van der Waals surface area contributed by atoms with Crippen LogP contribution in [0.3, 0.4) is 0 Å². The van der Waals surface area contributed by atoms with Gasteiger partial charge in [0.05, 0.1) is 0 Å². The van der Waals surface area contributed by atoms with Gasteiger partial charge in [0, 0.05) is 12.7 Å². The van der Waals surface area contributed by atoms with Gasteiger partial charge in [-0.15, -0.1) is 0 Å². The van der Waals surface area contributed by atoms with E-state index in [-0.39, 0.29) is 12.2 Å². The van der Waals surface area contributed by atoms with Crippen LogP contribution in [0.2, 0.25) is 0 Å². The first-order valence-electron chi connectivity index (χ1n) is 4.07. The average molecular weight is 202 g/mol. The van der Waals surface area contributed by atoms with Crippen LogP contribution in [-0.2, 0) is 19.1 Å². The van der Waals surface area contributed by atoms with Gasteiger partial charge < -0.3 is 14.6 Å². The van der Waals surface area contributed by atoms with Crippen molar-refractivity contribution in [3.05, 3.63) is 11.6 Å². The van der Waals surface area contributed by atoms with E-state index in [1.807, 2.05) is 0 Å². The van der Waals surface area contributed by atoms with Gasteiger partial charge in [-0.05, 0) is 19.9 Å². The number of carboxylic acids is 1. The minimum Gasteiger partial charge on any atom is -0.478 e. The molecule has 1 atom stereocenters. The molecule has 0 amide bonds. The smallest absolute Gasteiger partial charge is 0.332 e. The Bertz CT molecular complexity index is 244. The zero-order valence-electron chi connectivity index (χ0n) is 8.44. The minimum absolute atomic E-state index is 0.135. The molecule has 5 nitrogen and oxygen atoms in total. The van der Waals surface area contributed by atoms with Crippen molar-refractivity contribution < 1.29 is 24.2 Å². The van der Waals surface area contributed by atoms with Crippen molar-refractivity contribution in [3.8, 4) is 0 Å². The Morgan fingerprint density at radius 2 is 2.07 bits per heavy atom. The molecule has 0 aromatic rings. The van der Waals surface area contributed by atoms with Crippen molar-refractivity contribution in [2.75, 3.05) is 13.7 Å². The van der Waals surface area contributed by atoms with Gasteiger partial charge in [0.15, 0.2) is 0 Å². The van der Waals surface area contributed by atoms with Crippen molar-refractivity contribution in [3.63, 3.8) is 0 Å². The molecule has 0 unspecified atom stereocenters. The molecule has 0 aliphatic carbocycles. The molecule has 0 aromatic heterocycles. The van der Waals surface area contributed by atoms with Gasteiger partial charge in [0.2, 0.25) is 0 Å². The van der Waals surface area contributed by atoms with E-state index in [1.165, 1.54) is 20.1 Å². The van der Waals surface area contributed by atoms with Crippen LogP contribution >= 0.6 is 0 Å². The number of hydrogen-bond acceptors (Lipinski definition) is 4.